The molecule has 1 saturated heterocycles. The molecule has 1 aliphatic carbocycles. The first-order valence-corrected chi connectivity index (χ1v) is 17.7. The van der Waals surface area contributed by atoms with Crippen molar-refractivity contribution in [3.8, 4) is 0 Å². The van der Waals surface area contributed by atoms with Crippen LogP contribution < -0.4 is 10.4 Å². The van der Waals surface area contributed by atoms with Crippen LogP contribution in [0.3, 0.4) is 0 Å². The van der Waals surface area contributed by atoms with E-state index in [9.17, 15) is 0 Å². The average Bonchev–Trinajstić information content (AvgIpc) is 3.28. The summed E-state index contributed by atoms with van der Waals surface area (Å²) >= 11 is 0. The van der Waals surface area contributed by atoms with E-state index in [1.54, 1.807) is 0 Å². The first-order valence-electron chi connectivity index (χ1n) is 12.3. The molecule has 0 radical (unpaired) electrons. The highest BCUT2D eigenvalue weighted by Gasteiger charge is 2.52. The van der Waals surface area contributed by atoms with Gasteiger partial charge in [0, 0.05) is 31.7 Å². The number of nitrogens with zero attached hydrogens (tertiary/aromatic N) is 3. The standard InChI is InChI=1S/C27H35N3OSi2/c1-32(2,3)31-23-16-17-26(22-23)33(24-12-6-4-7-13-24,25-14-8-5-9-15-25)30-21-11-20-29-19-10-18-28-27(29)30/h4-9,12-17,22,26H,10-11,18-21H2,1-3H3. The maximum atomic E-state index is 6.47. The van der Waals surface area contributed by atoms with Crippen molar-refractivity contribution in [2.24, 2.45) is 4.99 Å². The number of aliphatic imine (C=N–C) groups is 1. The Balaban J connectivity index is 1.73. The summed E-state index contributed by atoms with van der Waals surface area (Å²) in [6.45, 7) is 11.0. The van der Waals surface area contributed by atoms with Gasteiger partial charge in [-0.3, -0.25) is 4.99 Å². The molecule has 5 rings (SSSR count). The van der Waals surface area contributed by atoms with Crippen LogP contribution in [0.1, 0.15) is 12.8 Å². The molecule has 2 heterocycles. The highest BCUT2D eigenvalue weighted by Crippen LogP contribution is 2.37. The van der Waals surface area contributed by atoms with Gasteiger partial charge in [0.05, 0.1) is 5.76 Å². The molecule has 0 aromatic heterocycles. The van der Waals surface area contributed by atoms with E-state index in [4.69, 9.17) is 9.42 Å². The molecular formula is C27H35N3OSi2. The lowest BCUT2D eigenvalue weighted by Crippen LogP contribution is -2.76. The van der Waals surface area contributed by atoms with Gasteiger partial charge in [0.2, 0.25) is 16.6 Å². The van der Waals surface area contributed by atoms with E-state index in [1.807, 2.05) is 0 Å². The molecule has 4 nitrogen and oxygen atoms in total. The normalized spacial score (nSPS) is 20.9. The van der Waals surface area contributed by atoms with Crippen LogP contribution in [0.15, 0.2) is 89.6 Å². The highest BCUT2D eigenvalue weighted by molar-refractivity contribution is 7.03. The molecule has 0 N–H and O–H groups in total. The first kappa shape index (κ1) is 22.2. The summed E-state index contributed by atoms with van der Waals surface area (Å²) in [5.41, 5.74) is 0.276. The van der Waals surface area contributed by atoms with Gasteiger partial charge in [0.15, 0.2) is 5.96 Å². The molecule has 0 saturated carbocycles. The summed E-state index contributed by atoms with van der Waals surface area (Å²) < 4.78 is 9.21. The largest absolute Gasteiger partial charge is 0.545 e. The van der Waals surface area contributed by atoms with Gasteiger partial charge in [-0.05, 0) is 55.0 Å². The number of rotatable bonds is 6. The van der Waals surface area contributed by atoms with Crippen molar-refractivity contribution in [1.82, 2.24) is 9.47 Å². The Morgan fingerprint density at radius 1 is 0.848 bits per heavy atom. The van der Waals surface area contributed by atoms with Crippen molar-refractivity contribution < 1.29 is 4.43 Å². The smallest absolute Gasteiger partial charge is 0.242 e. The second-order valence-corrected chi connectivity index (χ2v) is 18.5. The van der Waals surface area contributed by atoms with Crippen molar-refractivity contribution in [2.45, 2.75) is 38.0 Å². The summed E-state index contributed by atoms with van der Waals surface area (Å²) in [5, 5.41) is 2.87. The second kappa shape index (κ2) is 8.99. The minimum atomic E-state index is -2.51. The van der Waals surface area contributed by atoms with Crippen molar-refractivity contribution in [2.75, 3.05) is 26.2 Å². The van der Waals surface area contributed by atoms with E-state index < -0.39 is 16.6 Å². The zero-order chi connectivity index (χ0) is 22.9. The first-order chi connectivity index (χ1) is 16.0. The molecule has 2 aliphatic heterocycles. The van der Waals surface area contributed by atoms with Crippen molar-refractivity contribution in [3.63, 3.8) is 0 Å². The third-order valence-corrected chi connectivity index (χ3v) is 12.6. The molecule has 0 amide bonds. The maximum absolute atomic E-state index is 6.47. The molecule has 0 bridgehead atoms. The number of benzene rings is 2. The summed E-state index contributed by atoms with van der Waals surface area (Å²) in [5.74, 6) is 2.26. The molecule has 6 heteroatoms. The third kappa shape index (κ3) is 4.22. The monoisotopic (exact) mass is 473 g/mol. The summed E-state index contributed by atoms with van der Waals surface area (Å²) in [4.78, 5) is 7.66. The molecule has 1 unspecified atom stereocenters. The molecule has 3 aliphatic rings. The molecule has 1 atom stereocenters. The van der Waals surface area contributed by atoms with Crippen LogP contribution in [-0.2, 0) is 4.43 Å². The molecular weight excluding hydrogens is 438 g/mol. The Kier molecular flexibility index (Phi) is 6.05. The van der Waals surface area contributed by atoms with Gasteiger partial charge in [0.25, 0.3) is 0 Å². The van der Waals surface area contributed by atoms with E-state index >= 15 is 0 Å². The lowest BCUT2D eigenvalue weighted by atomic mass is 10.2. The van der Waals surface area contributed by atoms with E-state index in [2.05, 4.69) is 108 Å². The van der Waals surface area contributed by atoms with E-state index in [1.165, 1.54) is 22.8 Å². The second-order valence-electron chi connectivity index (χ2n) is 10.2. The van der Waals surface area contributed by atoms with Crippen LogP contribution in [0.25, 0.3) is 0 Å². The van der Waals surface area contributed by atoms with Crippen LogP contribution in [0.5, 0.6) is 0 Å². The van der Waals surface area contributed by atoms with Crippen LogP contribution in [0.4, 0.5) is 0 Å². The lowest BCUT2D eigenvalue weighted by Gasteiger charge is -2.52. The predicted molar refractivity (Wildman–Crippen MR) is 143 cm³/mol. The van der Waals surface area contributed by atoms with Gasteiger partial charge < -0.3 is 13.9 Å². The molecule has 33 heavy (non-hydrogen) atoms. The van der Waals surface area contributed by atoms with Gasteiger partial charge >= 0.3 is 0 Å². The Labute approximate surface area is 200 Å². The highest BCUT2D eigenvalue weighted by atomic mass is 28.4. The fourth-order valence-electron chi connectivity index (χ4n) is 5.56. The van der Waals surface area contributed by atoms with Gasteiger partial charge in [-0.15, -0.1) is 0 Å². The van der Waals surface area contributed by atoms with Crippen molar-refractivity contribution in [1.29, 1.82) is 0 Å². The summed E-state index contributed by atoms with van der Waals surface area (Å²) in [6, 6.07) is 22.5. The van der Waals surface area contributed by atoms with Crippen LogP contribution in [0, 0.1) is 0 Å². The number of hydrogen-bond acceptors (Lipinski definition) is 4. The number of fused-ring (bicyclic) bond motifs is 1. The number of hydrogen-bond donors (Lipinski definition) is 0. The van der Waals surface area contributed by atoms with Gasteiger partial charge in [-0.1, -0.05) is 66.7 Å². The molecule has 2 aromatic carbocycles. The van der Waals surface area contributed by atoms with Gasteiger partial charge in [-0.25, -0.2) is 0 Å². The van der Waals surface area contributed by atoms with Gasteiger partial charge in [0.1, 0.15) is 0 Å². The van der Waals surface area contributed by atoms with E-state index in [0.717, 1.165) is 38.4 Å². The van der Waals surface area contributed by atoms with E-state index in [-0.39, 0.29) is 5.54 Å². The number of guanidine groups is 1. The molecule has 172 valence electrons. The fraction of sp³-hybridized carbons (Fsp3) is 0.370. The average molecular weight is 474 g/mol. The summed E-state index contributed by atoms with van der Waals surface area (Å²) in [7, 11) is -4.19. The lowest BCUT2D eigenvalue weighted by molar-refractivity contribution is 0.297. The number of allylic oxidation sites excluding steroid dienone is 3. The molecule has 1 fully saturated rings. The van der Waals surface area contributed by atoms with Crippen LogP contribution >= 0.6 is 0 Å². The van der Waals surface area contributed by atoms with Gasteiger partial charge in [-0.2, -0.15) is 0 Å². The Hall–Kier alpha value is -2.58. The third-order valence-electron chi connectivity index (χ3n) is 6.75. The Morgan fingerprint density at radius 3 is 2.12 bits per heavy atom. The summed E-state index contributed by atoms with van der Waals surface area (Å²) in [6.07, 6.45) is 9.36. The molecule has 2 aromatic rings. The van der Waals surface area contributed by atoms with Crippen molar-refractivity contribution in [3.05, 3.63) is 84.7 Å². The minimum Gasteiger partial charge on any atom is -0.545 e. The zero-order valence-corrected chi connectivity index (χ0v) is 22.1. The molecule has 0 spiro atoms. The topological polar surface area (TPSA) is 28.1 Å². The van der Waals surface area contributed by atoms with Crippen LogP contribution in [-0.4, -0.2) is 58.2 Å². The maximum Gasteiger partial charge on any atom is 0.242 e. The van der Waals surface area contributed by atoms with Crippen molar-refractivity contribution >= 4 is 32.9 Å². The quantitative estimate of drug-likeness (QED) is 0.589. The Bertz CT molecular complexity index is 1020. The fourth-order valence-corrected chi connectivity index (χ4v) is 11.7. The predicted octanol–water partition coefficient (Wildman–Crippen LogP) is 4.19. The van der Waals surface area contributed by atoms with Crippen LogP contribution in [0.2, 0.25) is 25.2 Å². The minimum absolute atomic E-state index is 0.276. The zero-order valence-electron chi connectivity index (χ0n) is 20.1. The van der Waals surface area contributed by atoms with E-state index in [0.29, 0.717) is 0 Å². The Morgan fingerprint density at radius 2 is 1.48 bits per heavy atom. The SMILES string of the molecule is C[Si](C)(C)OC1=CC([Si](c2ccccc2)(c2ccccc2)N2CCCN3CCCN=C32)C=C1.